The van der Waals surface area contributed by atoms with Crippen molar-refractivity contribution >= 4 is 27.8 Å². The number of likely N-dealkylation sites (tertiary alicyclic amines) is 1. The number of carboxylic acids is 1. The SMILES string of the molecule is O=C(c1n[nH]c(C2CC2)c1Br)N1C[C@H]2COCC[C@@]2(C(=O)O)C1. The van der Waals surface area contributed by atoms with Crippen LogP contribution in [0.1, 0.15) is 41.4 Å². The van der Waals surface area contributed by atoms with Crippen LogP contribution in [0.3, 0.4) is 0 Å². The average Bonchev–Trinajstić information content (AvgIpc) is 3.18. The molecule has 0 unspecified atom stereocenters. The second-order valence-corrected chi connectivity index (χ2v) is 7.54. The Morgan fingerprint density at radius 2 is 2.22 bits per heavy atom. The highest BCUT2D eigenvalue weighted by molar-refractivity contribution is 9.10. The fourth-order valence-corrected chi connectivity index (χ4v) is 4.40. The van der Waals surface area contributed by atoms with E-state index in [9.17, 15) is 14.7 Å². The monoisotopic (exact) mass is 383 g/mol. The number of aliphatic carboxylic acids is 1. The molecule has 1 aromatic rings. The predicted octanol–water partition coefficient (Wildman–Crippen LogP) is 1.61. The summed E-state index contributed by atoms with van der Waals surface area (Å²) in [6, 6.07) is 0. The zero-order valence-electron chi connectivity index (χ0n) is 12.5. The van der Waals surface area contributed by atoms with Crippen LogP contribution in [0.25, 0.3) is 0 Å². The van der Waals surface area contributed by atoms with Gasteiger partial charge in [-0.15, -0.1) is 0 Å². The summed E-state index contributed by atoms with van der Waals surface area (Å²) in [7, 11) is 0. The van der Waals surface area contributed by atoms with E-state index < -0.39 is 11.4 Å². The minimum atomic E-state index is -0.879. The minimum Gasteiger partial charge on any atom is -0.481 e. The Balaban J connectivity index is 1.59. The van der Waals surface area contributed by atoms with Gasteiger partial charge in [0.1, 0.15) is 0 Å². The molecule has 23 heavy (non-hydrogen) atoms. The van der Waals surface area contributed by atoms with Gasteiger partial charge in [0, 0.05) is 31.5 Å². The number of carbonyl (C=O) groups is 2. The molecule has 4 rings (SSSR count). The van der Waals surface area contributed by atoms with Gasteiger partial charge in [0.05, 0.1) is 22.2 Å². The summed E-state index contributed by atoms with van der Waals surface area (Å²) in [6.45, 7) is 1.46. The highest BCUT2D eigenvalue weighted by atomic mass is 79.9. The quantitative estimate of drug-likeness (QED) is 0.826. The van der Waals surface area contributed by atoms with E-state index in [0.29, 0.717) is 37.8 Å². The number of fused-ring (bicyclic) bond motifs is 1. The van der Waals surface area contributed by atoms with Gasteiger partial charge in [0.15, 0.2) is 5.69 Å². The lowest BCUT2D eigenvalue weighted by Crippen LogP contribution is -2.45. The van der Waals surface area contributed by atoms with Gasteiger partial charge in [-0.05, 0) is 35.2 Å². The Morgan fingerprint density at radius 3 is 2.87 bits per heavy atom. The van der Waals surface area contributed by atoms with Gasteiger partial charge in [-0.1, -0.05) is 0 Å². The van der Waals surface area contributed by atoms with Crippen LogP contribution < -0.4 is 0 Å². The maximum atomic E-state index is 12.8. The second-order valence-electron chi connectivity index (χ2n) is 6.74. The summed E-state index contributed by atoms with van der Waals surface area (Å²) in [5.74, 6) is -0.743. The fraction of sp³-hybridized carbons (Fsp3) is 0.667. The molecule has 3 fully saturated rings. The number of carbonyl (C=O) groups excluding carboxylic acids is 1. The van der Waals surface area contributed by atoms with E-state index in [2.05, 4.69) is 26.1 Å². The molecule has 7 nitrogen and oxygen atoms in total. The standard InChI is InChI=1S/C15H18BrN3O4/c16-10-11(8-1-2-8)17-18-12(10)13(20)19-5-9-6-23-4-3-15(9,7-19)14(21)22/h8-9H,1-7H2,(H,17,18)(H,21,22)/t9-,15+/m0/s1. The fourth-order valence-electron chi connectivity index (χ4n) is 3.73. The lowest BCUT2D eigenvalue weighted by atomic mass is 9.74. The largest absolute Gasteiger partial charge is 0.481 e. The third-order valence-electron chi connectivity index (χ3n) is 5.34. The molecule has 124 valence electrons. The highest BCUT2D eigenvalue weighted by Gasteiger charge is 2.55. The maximum Gasteiger partial charge on any atom is 0.311 e. The van der Waals surface area contributed by atoms with Gasteiger partial charge in [0.2, 0.25) is 0 Å². The Hall–Kier alpha value is -1.41. The number of halogens is 1. The number of amides is 1. The van der Waals surface area contributed by atoms with Crippen molar-refractivity contribution in [1.82, 2.24) is 15.1 Å². The topological polar surface area (TPSA) is 95.5 Å². The van der Waals surface area contributed by atoms with Crippen molar-refractivity contribution in [3.8, 4) is 0 Å². The molecular weight excluding hydrogens is 366 g/mol. The van der Waals surface area contributed by atoms with Gasteiger partial charge in [0.25, 0.3) is 5.91 Å². The molecule has 0 spiro atoms. The number of nitrogens with one attached hydrogen (secondary N) is 1. The molecule has 2 atom stereocenters. The average molecular weight is 384 g/mol. The summed E-state index contributed by atoms with van der Waals surface area (Å²) in [5, 5.41) is 16.8. The number of aromatic amines is 1. The number of rotatable bonds is 3. The van der Waals surface area contributed by atoms with Crippen molar-refractivity contribution in [2.24, 2.45) is 11.3 Å². The molecule has 0 aromatic carbocycles. The minimum absolute atomic E-state index is 0.154. The predicted molar refractivity (Wildman–Crippen MR) is 83.2 cm³/mol. The van der Waals surface area contributed by atoms with Crippen molar-refractivity contribution in [2.75, 3.05) is 26.3 Å². The molecule has 8 heteroatoms. The normalized spacial score (nSPS) is 30.3. The summed E-state index contributed by atoms with van der Waals surface area (Å²) in [5.41, 5.74) is 0.448. The molecule has 2 aliphatic heterocycles. The Labute approximate surface area is 141 Å². The molecule has 3 aliphatic rings. The smallest absolute Gasteiger partial charge is 0.311 e. The van der Waals surface area contributed by atoms with Crippen molar-refractivity contribution in [2.45, 2.75) is 25.2 Å². The van der Waals surface area contributed by atoms with Crippen LogP contribution in [0.2, 0.25) is 0 Å². The first kappa shape index (κ1) is 15.1. The van der Waals surface area contributed by atoms with Gasteiger partial charge < -0.3 is 14.7 Å². The summed E-state index contributed by atoms with van der Waals surface area (Å²) in [4.78, 5) is 26.2. The zero-order valence-corrected chi connectivity index (χ0v) is 14.1. The first-order valence-corrected chi connectivity index (χ1v) is 8.66. The third kappa shape index (κ3) is 2.30. The zero-order chi connectivity index (χ0) is 16.2. The number of nitrogens with zero attached hydrogens (tertiary/aromatic N) is 2. The molecule has 3 heterocycles. The summed E-state index contributed by atoms with van der Waals surface area (Å²) < 4.78 is 6.15. The first-order chi connectivity index (χ1) is 11.0. The number of aromatic nitrogens is 2. The van der Waals surface area contributed by atoms with Crippen LogP contribution in [-0.4, -0.2) is 58.4 Å². The van der Waals surface area contributed by atoms with Crippen LogP contribution in [-0.2, 0) is 9.53 Å². The Bertz CT molecular complexity index is 672. The molecule has 1 amide bonds. The number of hydrogen-bond acceptors (Lipinski definition) is 4. The molecule has 2 N–H and O–H groups in total. The lowest BCUT2D eigenvalue weighted by Gasteiger charge is -2.33. The van der Waals surface area contributed by atoms with Crippen molar-refractivity contribution in [3.63, 3.8) is 0 Å². The number of hydrogen-bond donors (Lipinski definition) is 2. The number of ether oxygens (including phenoxy) is 1. The molecule has 2 saturated heterocycles. The molecule has 0 radical (unpaired) electrons. The summed E-state index contributed by atoms with van der Waals surface area (Å²) in [6.07, 6.45) is 2.67. The molecule has 1 saturated carbocycles. The van der Waals surface area contributed by atoms with Crippen molar-refractivity contribution < 1.29 is 19.4 Å². The third-order valence-corrected chi connectivity index (χ3v) is 6.14. The molecular formula is C15H18BrN3O4. The van der Waals surface area contributed by atoms with Crippen LogP contribution in [0, 0.1) is 11.3 Å². The van der Waals surface area contributed by atoms with Gasteiger partial charge in [-0.2, -0.15) is 5.10 Å². The number of H-pyrrole nitrogens is 1. The van der Waals surface area contributed by atoms with Gasteiger partial charge in [-0.3, -0.25) is 14.7 Å². The van der Waals surface area contributed by atoms with Crippen LogP contribution >= 0.6 is 15.9 Å². The van der Waals surface area contributed by atoms with E-state index in [1.54, 1.807) is 4.90 Å². The second kappa shape index (κ2) is 5.31. The highest BCUT2D eigenvalue weighted by Crippen LogP contribution is 2.45. The van der Waals surface area contributed by atoms with Gasteiger partial charge >= 0.3 is 5.97 Å². The van der Waals surface area contributed by atoms with E-state index in [1.807, 2.05) is 0 Å². The van der Waals surface area contributed by atoms with Crippen LogP contribution in [0.4, 0.5) is 0 Å². The van der Waals surface area contributed by atoms with E-state index in [-0.39, 0.29) is 18.4 Å². The first-order valence-electron chi connectivity index (χ1n) is 7.87. The Morgan fingerprint density at radius 1 is 1.43 bits per heavy atom. The lowest BCUT2D eigenvalue weighted by molar-refractivity contribution is -0.157. The van der Waals surface area contributed by atoms with Crippen molar-refractivity contribution in [1.29, 1.82) is 0 Å². The molecule has 0 bridgehead atoms. The van der Waals surface area contributed by atoms with Crippen molar-refractivity contribution in [3.05, 3.63) is 15.9 Å². The van der Waals surface area contributed by atoms with E-state index in [1.165, 1.54) is 0 Å². The van der Waals surface area contributed by atoms with E-state index in [4.69, 9.17) is 4.74 Å². The summed E-state index contributed by atoms with van der Waals surface area (Å²) >= 11 is 3.48. The maximum absolute atomic E-state index is 12.8. The van der Waals surface area contributed by atoms with E-state index >= 15 is 0 Å². The van der Waals surface area contributed by atoms with Crippen LogP contribution in [0.5, 0.6) is 0 Å². The van der Waals surface area contributed by atoms with E-state index in [0.717, 1.165) is 23.0 Å². The van der Waals surface area contributed by atoms with Crippen LogP contribution in [0.15, 0.2) is 4.47 Å². The Kier molecular flexibility index (Phi) is 3.49. The number of carboxylic acid groups (broad SMARTS) is 1. The molecule has 1 aliphatic carbocycles. The molecule has 1 aromatic heterocycles. The van der Waals surface area contributed by atoms with Gasteiger partial charge in [-0.25, -0.2) is 0 Å².